The molecule has 3 fully saturated rings. The van der Waals surface area contributed by atoms with Crippen LogP contribution in [0.4, 0.5) is 0 Å². The molecule has 0 radical (unpaired) electrons. The van der Waals surface area contributed by atoms with Gasteiger partial charge in [-0.2, -0.15) is 0 Å². The summed E-state index contributed by atoms with van der Waals surface area (Å²) in [6.45, 7) is 6.10. The average Bonchev–Trinajstić information content (AvgIpc) is 3.33. The van der Waals surface area contributed by atoms with Crippen LogP contribution in [-0.4, -0.2) is 74.0 Å². The Kier molecular flexibility index (Phi) is 5.75. The smallest absolute Gasteiger partial charge is 0.223 e. The molecular formula is C17H31N5O. The topological polar surface area (TPSA) is 60.0 Å². The molecule has 6 heteroatoms. The lowest BCUT2D eigenvalue weighted by molar-refractivity contribution is -0.122. The van der Waals surface area contributed by atoms with Gasteiger partial charge >= 0.3 is 0 Å². The molecule has 1 saturated carbocycles. The van der Waals surface area contributed by atoms with E-state index in [1.54, 1.807) is 0 Å². The molecule has 1 atom stereocenters. The number of nitrogens with zero attached hydrogens (tertiary/aromatic N) is 3. The van der Waals surface area contributed by atoms with Crippen LogP contribution in [0.2, 0.25) is 0 Å². The van der Waals surface area contributed by atoms with Crippen LogP contribution < -0.4 is 10.6 Å². The van der Waals surface area contributed by atoms with Gasteiger partial charge in [0.1, 0.15) is 0 Å². The van der Waals surface area contributed by atoms with Crippen LogP contribution in [0.25, 0.3) is 0 Å². The van der Waals surface area contributed by atoms with Gasteiger partial charge in [-0.15, -0.1) is 0 Å². The van der Waals surface area contributed by atoms with Gasteiger partial charge in [0.15, 0.2) is 5.96 Å². The quantitative estimate of drug-likeness (QED) is 0.443. The number of guanidine groups is 1. The van der Waals surface area contributed by atoms with Gasteiger partial charge in [-0.05, 0) is 45.2 Å². The van der Waals surface area contributed by atoms with Crippen molar-refractivity contribution in [2.24, 2.45) is 10.9 Å². The summed E-state index contributed by atoms with van der Waals surface area (Å²) in [5, 5.41) is 6.38. The molecule has 3 rings (SSSR count). The fourth-order valence-corrected chi connectivity index (χ4v) is 3.70. The van der Waals surface area contributed by atoms with E-state index in [0.717, 1.165) is 38.4 Å². The first-order valence-electron chi connectivity index (χ1n) is 9.25. The molecule has 130 valence electrons. The Morgan fingerprint density at radius 1 is 1.04 bits per heavy atom. The Morgan fingerprint density at radius 2 is 1.78 bits per heavy atom. The Hall–Kier alpha value is -1.30. The number of nitrogens with one attached hydrogen (secondary N) is 2. The lowest BCUT2D eigenvalue weighted by Crippen LogP contribution is -2.46. The lowest BCUT2D eigenvalue weighted by atomic mass is 10.1. The molecule has 1 amide bonds. The summed E-state index contributed by atoms with van der Waals surface area (Å²) in [7, 11) is 1.85. The largest absolute Gasteiger partial charge is 0.354 e. The van der Waals surface area contributed by atoms with Crippen LogP contribution in [0.15, 0.2) is 4.99 Å². The Labute approximate surface area is 139 Å². The summed E-state index contributed by atoms with van der Waals surface area (Å²) in [5.74, 6) is 1.48. The Bertz CT molecular complexity index is 429. The van der Waals surface area contributed by atoms with Crippen molar-refractivity contribution in [2.45, 2.75) is 44.6 Å². The van der Waals surface area contributed by atoms with Gasteiger partial charge in [-0.1, -0.05) is 6.42 Å². The highest BCUT2D eigenvalue weighted by molar-refractivity contribution is 5.81. The number of hydrogen-bond acceptors (Lipinski definition) is 3. The minimum atomic E-state index is 0.216. The number of carbonyl (C=O) groups excluding carboxylic acids is 1. The van der Waals surface area contributed by atoms with Crippen molar-refractivity contribution in [3.05, 3.63) is 0 Å². The molecule has 0 aromatic heterocycles. The van der Waals surface area contributed by atoms with Gasteiger partial charge in [0, 0.05) is 45.2 Å². The molecule has 1 aliphatic carbocycles. The van der Waals surface area contributed by atoms with Crippen LogP contribution >= 0.6 is 0 Å². The van der Waals surface area contributed by atoms with E-state index in [-0.39, 0.29) is 11.8 Å². The van der Waals surface area contributed by atoms with Gasteiger partial charge in [-0.25, -0.2) is 0 Å². The fourth-order valence-electron chi connectivity index (χ4n) is 3.70. The molecule has 1 unspecified atom stereocenters. The number of hydrogen-bond donors (Lipinski definition) is 2. The minimum Gasteiger partial charge on any atom is -0.354 e. The second kappa shape index (κ2) is 7.99. The number of aliphatic imine (C=N–C) groups is 1. The van der Waals surface area contributed by atoms with E-state index in [0.29, 0.717) is 12.6 Å². The number of likely N-dealkylation sites (tertiary alicyclic amines) is 2. The predicted molar refractivity (Wildman–Crippen MR) is 92.5 cm³/mol. The first-order chi connectivity index (χ1) is 11.3. The van der Waals surface area contributed by atoms with E-state index < -0.39 is 0 Å². The van der Waals surface area contributed by atoms with E-state index in [1.165, 1.54) is 38.8 Å². The number of piperidine rings is 1. The zero-order valence-electron chi connectivity index (χ0n) is 14.4. The zero-order valence-corrected chi connectivity index (χ0v) is 14.4. The van der Waals surface area contributed by atoms with Crippen molar-refractivity contribution >= 4 is 11.9 Å². The maximum atomic E-state index is 11.6. The predicted octanol–water partition coefficient (Wildman–Crippen LogP) is 0.648. The Morgan fingerprint density at radius 3 is 2.48 bits per heavy atom. The molecule has 2 heterocycles. The SMILES string of the molecule is CN=C(NCCNC(=O)C1CC1)N1CCC(N2CCCCC2)C1. The van der Waals surface area contributed by atoms with Crippen LogP contribution in [0.1, 0.15) is 38.5 Å². The summed E-state index contributed by atoms with van der Waals surface area (Å²) < 4.78 is 0. The Balaban J connectivity index is 1.37. The van der Waals surface area contributed by atoms with Gasteiger partial charge in [0.25, 0.3) is 0 Å². The molecule has 0 aromatic carbocycles. The van der Waals surface area contributed by atoms with Crippen molar-refractivity contribution < 1.29 is 4.79 Å². The summed E-state index contributed by atoms with van der Waals surface area (Å²) in [4.78, 5) is 21.0. The molecular weight excluding hydrogens is 290 g/mol. The van der Waals surface area contributed by atoms with Crippen molar-refractivity contribution in [3.63, 3.8) is 0 Å². The highest BCUT2D eigenvalue weighted by atomic mass is 16.2. The highest BCUT2D eigenvalue weighted by Gasteiger charge is 2.30. The molecule has 6 nitrogen and oxygen atoms in total. The third kappa shape index (κ3) is 4.59. The molecule has 2 saturated heterocycles. The van der Waals surface area contributed by atoms with Gasteiger partial charge < -0.3 is 15.5 Å². The zero-order chi connectivity index (χ0) is 16.1. The third-order valence-corrected chi connectivity index (χ3v) is 5.24. The first kappa shape index (κ1) is 16.6. The number of carbonyl (C=O) groups is 1. The van der Waals surface area contributed by atoms with E-state index >= 15 is 0 Å². The standard InChI is InChI=1S/C17H31N5O/c1-18-17(20-9-8-19-16(23)14-5-6-14)22-12-7-15(13-22)21-10-3-2-4-11-21/h14-15H,2-13H2,1H3,(H,18,20)(H,19,23). The maximum Gasteiger partial charge on any atom is 0.223 e. The van der Waals surface area contributed by atoms with Gasteiger partial charge in [0.05, 0.1) is 0 Å². The molecule has 2 N–H and O–H groups in total. The van der Waals surface area contributed by atoms with Gasteiger partial charge in [-0.3, -0.25) is 14.7 Å². The van der Waals surface area contributed by atoms with Crippen molar-refractivity contribution in [2.75, 3.05) is 46.3 Å². The van der Waals surface area contributed by atoms with E-state index in [9.17, 15) is 4.79 Å². The summed E-state index contributed by atoms with van der Waals surface area (Å²) >= 11 is 0. The highest BCUT2D eigenvalue weighted by Crippen LogP contribution is 2.28. The number of rotatable bonds is 5. The third-order valence-electron chi connectivity index (χ3n) is 5.24. The van der Waals surface area contributed by atoms with Crippen molar-refractivity contribution in [3.8, 4) is 0 Å². The van der Waals surface area contributed by atoms with Crippen LogP contribution in [0, 0.1) is 5.92 Å². The molecule has 23 heavy (non-hydrogen) atoms. The van der Waals surface area contributed by atoms with Gasteiger partial charge in [0.2, 0.25) is 5.91 Å². The summed E-state index contributed by atoms with van der Waals surface area (Å²) in [6.07, 6.45) is 7.45. The van der Waals surface area contributed by atoms with Crippen LogP contribution in [-0.2, 0) is 4.79 Å². The molecule has 3 aliphatic rings. The van der Waals surface area contributed by atoms with E-state index in [2.05, 4.69) is 25.4 Å². The molecule has 0 aromatic rings. The normalized spacial score (nSPS) is 26.4. The minimum absolute atomic E-state index is 0.216. The fraction of sp³-hybridized carbons (Fsp3) is 0.882. The lowest BCUT2D eigenvalue weighted by Gasteiger charge is -2.32. The second-order valence-electron chi connectivity index (χ2n) is 7.02. The maximum absolute atomic E-state index is 11.6. The average molecular weight is 321 g/mol. The van der Waals surface area contributed by atoms with E-state index in [4.69, 9.17) is 0 Å². The van der Waals surface area contributed by atoms with Crippen LogP contribution in [0.5, 0.6) is 0 Å². The van der Waals surface area contributed by atoms with E-state index in [1.807, 2.05) is 7.05 Å². The second-order valence-corrected chi connectivity index (χ2v) is 7.02. The summed E-state index contributed by atoms with van der Waals surface area (Å²) in [6, 6.07) is 0.684. The molecule has 0 spiro atoms. The van der Waals surface area contributed by atoms with Crippen molar-refractivity contribution in [1.29, 1.82) is 0 Å². The van der Waals surface area contributed by atoms with Crippen LogP contribution in [0.3, 0.4) is 0 Å². The molecule has 2 aliphatic heterocycles. The van der Waals surface area contributed by atoms with Crippen molar-refractivity contribution in [1.82, 2.24) is 20.4 Å². The first-order valence-corrected chi connectivity index (χ1v) is 9.25. The monoisotopic (exact) mass is 321 g/mol. The summed E-state index contributed by atoms with van der Waals surface area (Å²) in [5.41, 5.74) is 0. The number of amides is 1. The molecule has 0 bridgehead atoms.